The molecule has 0 aliphatic rings. The van der Waals surface area contributed by atoms with Crippen LogP contribution < -0.4 is 14.4 Å². The van der Waals surface area contributed by atoms with Gasteiger partial charge in [-0.3, -0.25) is 9.10 Å². The third-order valence-electron chi connectivity index (χ3n) is 4.61. The van der Waals surface area contributed by atoms with Crippen molar-refractivity contribution in [2.45, 2.75) is 32.7 Å². The summed E-state index contributed by atoms with van der Waals surface area (Å²) in [6, 6.07) is 11.7. The van der Waals surface area contributed by atoms with Gasteiger partial charge in [-0.2, -0.15) is 0 Å². The normalized spacial score (nSPS) is 12.3. The number of carbonyl (C=O) groups excluding carboxylic acids is 1. The fourth-order valence-electron chi connectivity index (χ4n) is 3.10. The van der Waals surface area contributed by atoms with Gasteiger partial charge in [0, 0.05) is 11.6 Å². The number of halogens is 1. The quantitative estimate of drug-likeness (QED) is 0.649. The first kappa shape index (κ1) is 23.0. The van der Waals surface area contributed by atoms with Crippen molar-refractivity contribution in [2.75, 3.05) is 24.2 Å². The number of nitrogens with one attached hydrogen (secondary N) is 1. The maximum atomic E-state index is 12.9. The number of benzene rings is 2. The lowest BCUT2D eigenvalue weighted by Crippen LogP contribution is -2.49. The highest BCUT2D eigenvalue weighted by atomic mass is 35.5. The molecule has 0 heterocycles. The van der Waals surface area contributed by atoms with Gasteiger partial charge < -0.3 is 10.1 Å². The topological polar surface area (TPSA) is 75.7 Å². The monoisotopic (exact) mass is 438 g/mol. The Hall–Kier alpha value is -2.25. The molecule has 1 amide bonds. The van der Waals surface area contributed by atoms with E-state index in [9.17, 15) is 13.2 Å². The van der Waals surface area contributed by atoms with E-state index in [1.807, 2.05) is 24.3 Å². The summed E-state index contributed by atoms with van der Waals surface area (Å²) in [7, 11) is -2.09. The molecule has 0 radical (unpaired) electrons. The first-order chi connectivity index (χ1) is 13.7. The summed E-state index contributed by atoms with van der Waals surface area (Å²) in [6.45, 7) is 3.97. The number of ether oxygens (including phenoxy) is 1. The van der Waals surface area contributed by atoms with Crippen LogP contribution in [0.5, 0.6) is 5.75 Å². The molecule has 29 heavy (non-hydrogen) atoms. The van der Waals surface area contributed by atoms with Crippen molar-refractivity contribution in [2.24, 2.45) is 0 Å². The van der Waals surface area contributed by atoms with Crippen molar-refractivity contribution in [3.8, 4) is 5.75 Å². The maximum absolute atomic E-state index is 12.9. The lowest BCUT2D eigenvalue weighted by molar-refractivity contribution is -0.122. The van der Waals surface area contributed by atoms with E-state index in [1.54, 1.807) is 39.2 Å². The molecule has 0 spiro atoms. The molecule has 2 aromatic rings. The average Bonchev–Trinajstić information content (AvgIpc) is 2.67. The molecule has 2 aromatic carbocycles. The zero-order valence-electron chi connectivity index (χ0n) is 17.1. The van der Waals surface area contributed by atoms with Crippen molar-refractivity contribution >= 4 is 33.2 Å². The van der Waals surface area contributed by atoms with Crippen LogP contribution in [-0.2, 0) is 21.2 Å². The first-order valence-corrected chi connectivity index (χ1v) is 11.6. The smallest absolute Gasteiger partial charge is 0.243 e. The molecule has 0 fully saturated rings. The summed E-state index contributed by atoms with van der Waals surface area (Å²) in [5, 5.41) is 3.27. The summed E-state index contributed by atoms with van der Waals surface area (Å²) in [5.41, 5.74) is 2.19. The van der Waals surface area contributed by atoms with Gasteiger partial charge in [-0.1, -0.05) is 36.7 Å². The highest BCUT2D eigenvalue weighted by Crippen LogP contribution is 2.29. The van der Waals surface area contributed by atoms with Crippen LogP contribution in [0.25, 0.3) is 0 Å². The second kappa shape index (κ2) is 9.98. The number of hydrogen-bond donors (Lipinski definition) is 1. The van der Waals surface area contributed by atoms with Gasteiger partial charge in [0.05, 0.1) is 19.1 Å². The van der Waals surface area contributed by atoms with Crippen molar-refractivity contribution in [1.82, 2.24) is 5.32 Å². The van der Waals surface area contributed by atoms with E-state index in [4.69, 9.17) is 16.3 Å². The highest BCUT2D eigenvalue weighted by Gasteiger charge is 2.32. The number of amides is 1. The summed E-state index contributed by atoms with van der Waals surface area (Å²) >= 11 is 6.08. The van der Waals surface area contributed by atoms with Gasteiger partial charge >= 0.3 is 0 Å². The molecular weight excluding hydrogens is 412 g/mol. The third kappa shape index (κ3) is 6.11. The lowest BCUT2D eigenvalue weighted by Gasteiger charge is -2.31. The minimum atomic E-state index is -3.70. The van der Waals surface area contributed by atoms with Gasteiger partial charge in [0.2, 0.25) is 15.9 Å². The second-order valence-corrected chi connectivity index (χ2v) is 9.10. The van der Waals surface area contributed by atoms with Gasteiger partial charge in [0.15, 0.2) is 0 Å². The van der Waals surface area contributed by atoms with Crippen LogP contribution in [0.2, 0.25) is 5.02 Å². The number of hydrogen-bond acceptors (Lipinski definition) is 4. The third-order valence-corrected chi connectivity index (χ3v) is 6.01. The molecule has 0 aromatic heterocycles. The zero-order valence-corrected chi connectivity index (χ0v) is 18.7. The Labute approximate surface area is 177 Å². The molecule has 0 aliphatic heterocycles. The molecular formula is C21H27ClN2O4S. The van der Waals surface area contributed by atoms with Gasteiger partial charge in [0.25, 0.3) is 0 Å². The molecule has 1 N–H and O–H groups in total. The maximum Gasteiger partial charge on any atom is 0.243 e. The molecule has 158 valence electrons. The predicted octanol–water partition coefficient (Wildman–Crippen LogP) is 3.56. The van der Waals surface area contributed by atoms with Crippen LogP contribution in [0.15, 0.2) is 42.5 Å². The number of sulfonamides is 1. The number of aryl methyl sites for hydroxylation is 1. The van der Waals surface area contributed by atoms with Gasteiger partial charge in [-0.05, 0) is 55.2 Å². The molecule has 2 rings (SSSR count). The van der Waals surface area contributed by atoms with Crippen molar-refractivity contribution in [3.05, 3.63) is 58.6 Å². The SMILES string of the molecule is CC[C@@H](C(=O)NCCc1ccc(OC)cc1)N(c1cc(Cl)ccc1C)S(C)(=O)=O. The Bertz CT molecular complexity index is 946. The Morgan fingerprint density at radius 3 is 2.41 bits per heavy atom. The fraction of sp³-hybridized carbons (Fsp3) is 0.381. The predicted molar refractivity (Wildman–Crippen MR) is 117 cm³/mol. The largest absolute Gasteiger partial charge is 0.497 e. The van der Waals surface area contributed by atoms with Crippen LogP contribution in [0.3, 0.4) is 0 Å². The summed E-state index contributed by atoms with van der Waals surface area (Å²) in [6.07, 6.45) is 2.05. The van der Waals surface area contributed by atoms with E-state index in [0.717, 1.165) is 27.4 Å². The van der Waals surface area contributed by atoms with Crippen LogP contribution in [0, 0.1) is 6.92 Å². The number of carbonyl (C=O) groups is 1. The van der Waals surface area contributed by atoms with Crippen LogP contribution >= 0.6 is 11.6 Å². The Morgan fingerprint density at radius 2 is 1.86 bits per heavy atom. The fourth-order valence-corrected chi connectivity index (χ4v) is 4.52. The van der Waals surface area contributed by atoms with E-state index in [-0.39, 0.29) is 5.91 Å². The molecule has 0 bridgehead atoms. The number of rotatable bonds is 9. The van der Waals surface area contributed by atoms with E-state index in [0.29, 0.717) is 30.1 Å². The molecule has 0 unspecified atom stereocenters. The van der Waals surface area contributed by atoms with Crippen molar-refractivity contribution in [3.63, 3.8) is 0 Å². The number of nitrogens with zero attached hydrogens (tertiary/aromatic N) is 1. The van der Waals surface area contributed by atoms with Crippen LogP contribution in [0.1, 0.15) is 24.5 Å². The molecule has 0 aliphatic carbocycles. The van der Waals surface area contributed by atoms with Gasteiger partial charge in [-0.25, -0.2) is 8.42 Å². The van der Waals surface area contributed by atoms with Gasteiger partial charge in [-0.15, -0.1) is 0 Å². The summed E-state index contributed by atoms with van der Waals surface area (Å²) in [4.78, 5) is 12.9. The standard InChI is InChI=1S/C21H27ClN2O4S/c1-5-19(21(25)23-13-12-16-7-10-18(28-3)11-8-16)24(29(4,26)27)20-14-17(22)9-6-15(20)2/h6-11,14,19H,5,12-13H2,1-4H3,(H,23,25)/t19-/m0/s1. The van der Waals surface area contributed by atoms with E-state index in [1.165, 1.54) is 0 Å². The minimum absolute atomic E-state index is 0.327. The van der Waals surface area contributed by atoms with E-state index >= 15 is 0 Å². The number of anilines is 1. The Kier molecular flexibility index (Phi) is 7.93. The first-order valence-electron chi connectivity index (χ1n) is 9.33. The van der Waals surface area contributed by atoms with E-state index in [2.05, 4.69) is 5.32 Å². The number of methoxy groups -OCH3 is 1. The summed E-state index contributed by atoms with van der Waals surface area (Å²) in [5.74, 6) is 0.426. The van der Waals surface area contributed by atoms with E-state index < -0.39 is 16.1 Å². The lowest BCUT2D eigenvalue weighted by atomic mass is 10.1. The van der Waals surface area contributed by atoms with Crippen molar-refractivity contribution in [1.29, 1.82) is 0 Å². The second-order valence-electron chi connectivity index (χ2n) is 6.80. The minimum Gasteiger partial charge on any atom is -0.497 e. The Balaban J connectivity index is 2.16. The zero-order chi connectivity index (χ0) is 21.6. The van der Waals surface area contributed by atoms with Crippen molar-refractivity contribution < 1.29 is 17.9 Å². The molecule has 0 saturated carbocycles. The summed E-state index contributed by atoms with van der Waals surface area (Å²) < 4.78 is 31.4. The molecule has 0 saturated heterocycles. The molecule has 1 atom stereocenters. The molecule has 8 heteroatoms. The average molecular weight is 439 g/mol. The van der Waals surface area contributed by atoms with Crippen LogP contribution in [0.4, 0.5) is 5.69 Å². The molecule has 6 nitrogen and oxygen atoms in total. The van der Waals surface area contributed by atoms with Gasteiger partial charge in [0.1, 0.15) is 11.8 Å². The van der Waals surface area contributed by atoms with Crippen LogP contribution in [-0.4, -0.2) is 40.3 Å². The highest BCUT2D eigenvalue weighted by molar-refractivity contribution is 7.92. The Morgan fingerprint density at radius 1 is 1.21 bits per heavy atom.